The molecular weight excluding hydrogens is 318 g/mol. The van der Waals surface area contributed by atoms with Gasteiger partial charge in [-0.05, 0) is 45.7 Å². The zero-order chi connectivity index (χ0) is 18.0. The van der Waals surface area contributed by atoms with Crippen LogP contribution in [0.25, 0.3) is 0 Å². The molecule has 0 atom stereocenters. The predicted octanol–water partition coefficient (Wildman–Crippen LogP) is 0.866. The van der Waals surface area contributed by atoms with E-state index in [1.54, 1.807) is 28.7 Å². The highest BCUT2D eigenvalue weighted by molar-refractivity contribution is 5.12. The van der Waals surface area contributed by atoms with Gasteiger partial charge in [-0.25, -0.2) is 4.98 Å². The van der Waals surface area contributed by atoms with Crippen molar-refractivity contribution in [2.24, 2.45) is 13.0 Å². The number of aryl methyl sites for hydroxylation is 2. The van der Waals surface area contributed by atoms with E-state index in [2.05, 4.69) is 14.9 Å². The molecule has 3 heterocycles. The number of hydrogen-bond acceptors (Lipinski definition) is 5. The first-order valence-corrected chi connectivity index (χ1v) is 8.70. The fourth-order valence-corrected chi connectivity index (χ4v) is 3.27. The zero-order valence-corrected chi connectivity index (χ0v) is 15.1. The number of nitrogens with zero attached hydrogens (tertiary/aromatic N) is 5. The van der Waals surface area contributed by atoms with Crippen LogP contribution in [0.15, 0.2) is 28.3 Å². The Kier molecular flexibility index (Phi) is 5.13. The topological polar surface area (TPSA) is 73.0 Å². The lowest BCUT2D eigenvalue weighted by Crippen LogP contribution is -2.36. The maximum Gasteiger partial charge on any atom is 0.268 e. The van der Waals surface area contributed by atoms with Crippen LogP contribution in [-0.4, -0.2) is 37.1 Å². The van der Waals surface area contributed by atoms with Gasteiger partial charge in [0.2, 0.25) is 0 Å². The first-order chi connectivity index (χ1) is 11.9. The smallest absolute Gasteiger partial charge is 0.268 e. The molecule has 7 heteroatoms. The molecule has 0 radical (unpaired) electrons. The van der Waals surface area contributed by atoms with Crippen molar-refractivity contribution >= 4 is 0 Å². The van der Waals surface area contributed by atoms with Crippen molar-refractivity contribution in [2.45, 2.75) is 39.8 Å². The molecule has 25 heavy (non-hydrogen) atoms. The maximum absolute atomic E-state index is 12.3. The Bertz CT molecular complexity index is 863. The lowest BCUT2D eigenvalue weighted by molar-refractivity contribution is 0.164. The molecule has 134 valence electrons. The van der Waals surface area contributed by atoms with Gasteiger partial charge in [0, 0.05) is 37.6 Å². The Balaban J connectivity index is 1.57. The largest absolute Gasteiger partial charge is 0.315 e. The van der Waals surface area contributed by atoms with Gasteiger partial charge in [-0.1, -0.05) is 0 Å². The second-order valence-corrected chi connectivity index (χ2v) is 6.96. The summed E-state index contributed by atoms with van der Waals surface area (Å²) in [5.41, 5.74) is 2.44. The molecule has 0 N–H and O–H groups in total. The Morgan fingerprint density at radius 2 is 1.88 bits per heavy atom. The van der Waals surface area contributed by atoms with Crippen LogP contribution in [-0.2, 0) is 20.1 Å². The molecule has 0 saturated carbocycles. The van der Waals surface area contributed by atoms with Crippen LogP contribution in [0.2, 0.25) is 0 Å². The van der Waals surface area contributed by atoms with Gasteiger partial charge in [0.25, 0.3) is 11.1 Å². The fraction of sp³-hybridized carbons (Fsp3) is 0.556. The summed E-state index contributed by atoms with van der Waals surface area (Å²) in [6.07, 6.45) is 6.94. The van der Waals surface area contributed by atoms with Crippen LogP contribution in [0, 0.1) is 19.8 Å². The summed E-state index contributed by atoms with van der Waals surface area (Å²) >= 11 is 0. The molecule has 7 nitrogen and oxygen atoms in total. The highest BCUT2D eigenvalue weighted by atomic mass is 16.1. The molecule has 0 aromatic carbocycles. The molecule has 0 unspecified atom stereocenters. The lowest BCUT2D eigenvalue weighted by atomic mass is 9.96. The summed E-state index contributed by atoms with van der Waals surface area (Å²) < 4.78 is 3.31. The van der Waals surface area contributed by atoms with Crippen molar-refractivity contribution in [1.82, 2.24) is 24.0 Å². The first-order valence-electron chi connectivity index (χ1n) is 8.70. The van der Waals surface area contributed by atoms with E-state index in [1.807, 2.05) is 13.8 Å². The van der Waals surface area contributed by atoms with E-state index in [0.29, 0.717) is 5.92 Å². The zero-order valence-electron chi connectivity index (χ0n) is 15.1. The molecule has 2 aromatic heterocycles. The highest BCUT2D eigenvalue weighted by Gasteiger charge is 2.21. The molecule has 0 spiro atoms. The van der Waals surface area contributed by atoms with Gasteiger partial charge in [-0.15, -0.1) is 0 Å². The van der Waals surface area contributed by atoms with Crippen molar-refractivity contribution < 1.29 is 0 Å². The van der Waals surface area contributed by atoms with Gasteiger partial charge in [-0.3, -0.25) is 24.0 Å². The summed E-state index contributed by atoms with van der Waals surface area (Å²) in [5, 5.41) is 0. The second-order valence-electron chi connectivity index (χ2n) is 6.96. The summed E-state index contributed by atoms with van der Waals surface area (Å²) in [5.74, 6) is 0.492. The third-order valence-electron chi connectivity index (χ3n) is 5.09. The molecule has 0 aliphatic carbocycles. The summed E-state index contributed by atoms with van der Waals surface area (Å²) in [7, 11) is 1.75. The minimum atomic E-state index is -0.0881. The van der Waals surface area contributed by atoms with Gasteiger partial charge in [0.05, 0.1) is 18.2 Å². The Morgan fingerprint density at radius 1 is 1.16 bits per heavy atom. The number of rotatable bonds is 4. The fourth-order valence-electron chi connectivity index (χ4n) is 3.27. The monoisotopic (exact) mass is 343 g/mol. The summed E-state index contributed by atoms with van der Waals surface area (Å²) in [6.45, 7) is 7.15. The molecule has 2 aromatic rings. The normalized spacial score (nSPS) is 16.3. The molecule has 1 saturated heterocycles. The second kappa shape index (κ2) is 7.31. The van der Waals surface area contributed by atoms with E-state index in [4.69, 9.17) is 0 Å². The number of piperidine rings is 1. The van der Waals surface area contributed by atoms with Crippen LogP contribution in [0.1, 0.15) is 29.8 Å². The lowest BCUT2D eigenvalue weighted by Gasteiger charge is -2.32. The van der Waals surface area contributed by atoms with Gasteiger partial charge in [0.15, 0.2) is 0 Å². The number of aromatic nitrogens is 4. The molecule has 0 amide bonds. The van der Waals surface area contributed by atoms with Crippen molar-refractivity contribution in [2.75, 3.05) is 13.1 Å². The predicted molar refractivity (Wildman–Crippen MR) is 95.5 cm³/mol. The van der Waals surface area contributed by atoms with Crippen molar-refractivity contribution in [3.05, 3.63) is 56.4 Å². The van der Waals surface area contributed by atoms with Crippen molar-refractivity contribution in [1.29, 1.82) is 0 Å². The van der Waals surface area contributed by atoms with E-state index < -0.39 is 0 Å². The minimum absolute atomic E-state index is 0.0735. The van der Waals surface area contributed by atoms with Crippen LogP contribution in [0.5, 0.6) is 0 Å². The Morgan fingerprint density at radius 3 is 2.56 bits per heavy atom. The standard InChI is InChI=1S/C18H25N5O2/c1-13-14(2)20-12-23(18(13)25)9-15-4-6-22(7-5-15)11-16-10-21(3)17(24)8-19-16/h8,10,12,15H,4-7,9,11H2,1-3H3. The van der Waals surface area contributed by atoms with Crippen LogP contribution in [0.4, 0.5) is 0 Å². The Hall–Kier alpha value is -2.28. The number of likely N-dealkylation sites (tertiary alicyclic amines) is 1. The van der Waals surface area contributed by atoms with Gasteiger partial charge in [-0.2, -0.15) is 0 Å². The van der Waals surface area contributed by atoms with Crippen LogP contribution in [0.3, 0.4) is 0 Å². The average Bonchev–Trinajstić information content (AvgIpc) is 2.60. The molecule has 1 aliphatic heterocycles. The SMILES string of the molecule is Cc1ncn(CC2CCN(Cc3cn(C)c(=O)cn3)CC2)c(=O)c1C. The summed E-state index contributed by atoms with van der Waals surface area (Å²) in [4.78, 5) is 34.6. The van der Waals surface area contributed by atoms with Gasteiger partial charge >= 0.3 is 0 Å². The third-order valence-corrected chi connectivity index (χ3v) is 5.09. The number of hydrogen-bond donors (Lipinski definition) is 0. The van der Waals surface area contributed by atoms with E-state index in [1.165, 1.54) is 6.20 Å². The van der Waals surface area contributed by atoms with E-state index >= 15 is 0 Å². The van der Waals surface area contributed by atoms with Crippen LogP contribution >= 0.6 is 0 Å². The van der Waals surface area contributed by atoms with E-state index in [-0.39, 0.29) is 11.1 Å². The van der Waals surface area contributed by atoms with Crippen molar-refractivity contribution in [3.63, 3.8) is 0 Å². The first kappa shape index (κ1) is 17.5. The Labute approximate surface area is 147 Å². The average molecular weight is 343 g/mol. The van der Waals surface area contributed by atoms with E-state index in [9.17, 15) is 9.59 Å². The maximum atomic E-state index is 12.3. The minimum Gasteiger partial charge on any atom is -0.315 e. The molecule has 3 rings (SSSR count). The molecule has 1 fully saturated rings. The van der Waals surface area contributed by atoms with Gasteiger partial charge < -0.3 is 4.57 Å². The summed E-state index contributed by atoms with van der Waals surface area (Å²) in [6, 6.07) is 0. The quantitative estimate of drug-likeness (QED) is 0.823. The van der Waals surface area contributed by atoms with Crippen molar-refractivity contribution in [3.8, 4) is 0 Å². The van der Waals surface area contributed by atoms with Gasteiger partial charge in [0.1, 0.15) is 0 Å². The third kappa shape index (κ3) is 4.04. The molecular formula is C18H25N5O2. The van der Waals surface area contributed by atoms with E-state index in [0.717, 1.165) is 56.0 Å². The van der Waals surface area contributed by atoms with Crippen LogP contribution < -0.4 is 11.1 Å². The molecule has 1 aliphatic rings. The highest BCUT2D eigenvalue weighted by Crippen LogP contribution is 2.19. The molecule has 0 bridgehead atoms.